The molecule has 0 bridgehead atoms. The maximum Gasteiger partial charge on any atom is 0.338 e. The van der Waals surface area contributed by atoms with Crippen molar-refractivity contribution in [3.05, 3.63) is 64.9 Å². The lowest BCUT2D eigenvalue weighted by Crippen LogP contribution is -2.47. The van der Waals surface area contributed by atoms with E-state index in [0.29, 0.717) is 5.56 Å². The molecule has 0 fully saturated rings. The molecule has 170 valence electrons. The van der Waals surface area contributed by atoms with Crippen molar-refractivity contribution in [3.63, 3.8) is 0 Å². The third-order valence-electron chi connectivity index (χ3n) is 4.90. The minimum atomic E-state index is -3.88. The number of amides is 2. The first-order valence-corrected chi connectivity index (χ1v) is 11.5. The molecule has 0 radical (unpaired) electrons. The van der Waals surface area contributed by atoms with Crippen molar-refractivity contribution in [2.45, 2.75) is 24.8 Å². The third kappa shape index (κ3) is 4.86. The van der Waals surface area contributed by atoms with E-state index < -0.39 is 33.6 Å². The summed E-state index contributed by atoms with van der Waals surface area (Å²) in [6, 6.07) is 8.90. The van der Waals surface area contributed by atoms with Crippen molar-refractivity contribution in [2.24, 2.45) is 0 Å². The summed E-state index contributed by atoms with van der Waals surface area (Å²) >= 11 is 0. The number of esters is 1. The zero-order valence-corrected chi connectivity index (χ0v) is 18.7. The molecule has 1 aliphatic rings. The first kappa shape index (κ1) is 23.1. The highest BCUT2D eigenvalue weighted by Crippen LogP contribution is 2.34. The number of phenolic OH excluding ortho intramolecular Hbond substituents is 1. The van der Waals surface area contributed by atoms with Crippen molar-refractivity contribution in [3.8, 4) is 11.5 Å². The molecule has 32 heavy (non-hydrogen) atoms. The number of phenols is 1. The van der Waals surface area contributed by atoms with Crippen LogP contribution >= 0.6 is 0 Å². The second kappa shape index (κ2) is 9.31. The fourth-order valence-corrected chi connectivity index (χ4v) is 4.65. The van der Waals surface area contributed by atoms with Gasteiger partial charge in [-0.25, -0.2) is 18.0 Å². The SMILES string of the molecule is CCOC(=O)C1=C(CS(=O)(=O)c2ccc(C)cc2)NC(=O)N[C@@H]1c1ccc(O)c(OC)c1. The van der Waals surface area contributed by atoms with Gasteiger partial charge in [0.25, 0.3) is 0 Å². The highest BCUT2D eigenvalue weighted by molar-refractivity contribution is 7.91. The maximum atomic E-state index is 13.0. The fraction of sp³-hybridized carbons (Fsp3) is 0.273. The largest absolute Gasteiger partial charge is 0.504 e. The van der Waals surface area contributed by atoms with Crippen LogP contribution in [0.2, 0.25) is 0 Å². The Morgan fingerprint density at radius 2 is 1.84 bits per heavy atom. The summed E-state index contributed by atoms with van der Waals surface area (Å²) in [4.78, 5) is 25.3. The highest BCUT2D eigenvalue weighted by atomic mass is 32.2. The average Bonchev–Trinajstić information content (AvgIpc) is 2.73. The fourth-order valence-electron chi connectivity index (χ4n) is 3.32. The standard InChI is InChI=1S/C22H24N2O7S/c1-4-31-21(26)19-16(12-32(28,29)15-8-5-13(2)6-9-15)23-22(27)24-20(19)14-7-10-17(25)18(11-14)30-3/h5-11,20,25H,4,12H2,1-3H3,(H2,23,24,27)/t20-/m1/s1. The van der Waals surface area contributed by atoms with Crippen LogP contribution in [0.15, 0.2) is 58.6 Å². The second-order valence-corrected chi connectivity index (χ2v) is 9.14. The van der Waals surface area contributed by atoms with Crippen LogP contribution in [0, 0.1) is 6.92 Å². The normalized spacial score (nSPS) is 16.2. The smallest absolute Gasteiger partial charge is 0.338 e. The summed E-state index contributed by atoms with van der Waals surface area (Å²) < 4.78 is 36.3. The number of aryl methyl sites for hydroxylation is 1. The van der Waals surface area contributed by atoms with Gasteiger partial charge >= 0.3 is 12.0 Å². The monoisotopic (exact) mass is 460 g/mol. The number of aromatic hydroxyl groups is 1. The number of hydrogen-bond acceptors (Lipinski definition) is 7. The number of sulfone groups is 1. The molecule has 3 rings (SSSR count). The second-order valence-electron chi connectivity index (χ2n) is 7.15. The number of urea groups is 1. The van der Waals surface area contributed by atoms with E-state index >= 15 is 0 Å². The molecule has 3 N–H and O–H groups in total. The van der Waals surface area contributed by atoms with Gasteiger partial charge in [0.05, 0.1) is 36.0 Å². The molecule has 0 saturated heterocycles. The van der Waals surface area contributed by atoms with E-state index in [1.54, 1.807) is 19.1 Å². The van der Waals surface area contributed by atoms with Crippen LogP contribution in [0.4, 0.5) is 4.79 Å². The molecule has 0 unspecified atom stereocenters. The molecular formula is C22H24N2O7S. The average molecular weight is 461 g/mol. The molecular weight excluding hydrogens is 436 g/mol. The first-order chi connectivity index (χ1) is 15.2. The predicted molar refractivity (Wildman–Crippen MR) is 116 cm³/mol. The summed E-state index contributed by atoms with van der Waals surface area (Å²) in [6.45, 7) is 3.51. The van der Waals surface area contributed by atoms with Crippen LogP contribution in [0.1, 0.15) is 24.1 Å². The van der Waals surface area contributed by atoms with Gasteiger partial charge in [-0.3, -0.25) is 0 Å². The topological polar surface area (TPSA) is 131 Å². The molecule has 0 aliphatic carbocycles. The van der Waals surface area contributed by atoms with Gasteiger partial charge in [0.15, 0.2) is 21.3 Å². The molecule has 0 saturated carbocycles. The summed E-state index contributed by atoms with van der Waals surface area (Å²) in [5, 5.41) is 15.0. The van der Waals surface area contributed by atoms with Crippen LogP contribution in [0.25, 0.3) is 0 Å². The summed E-state index contributed by atoms with van der Waals surface area (Å²) in [7, 11) is -2.52. The van der Waals surface area contributed by atoms with E-state index in [2.05, 4.69) is 10.6 Å². The van der Waals surface area contributed by atoms with Crippen molar-refractivity contribution in [1.82, 2.24) is 10.6 Å². The Bertz CT molecular complexity index is 1170. The lowest BCUT2D eigenvalue weighted by atomic mass is 9.95. The lowest BCUT2D eigenvalue weighted by Gasteiger charge is -2.29. The van der Waals surface area contributed by atoms with Gasteiger partial charge in [-0.2, -0.15) is 0 Å². The van der Waals surface area contributed by atoms with E-state index in [1.165, 1.54) is 37.4 Å². The molecule has 2 aromatic rings. The molecule has 1 atom stereocenters. The van der Waals surface area contributed by atoms with Crippen molar-refractivity contribution in [1.29, 1.82) is 0 Å². The van der Waals surface area contributed by atoms with Crippen LogP contribution in [-0.4, -0.2) is 45.0 Å². The zero-order valence-electron chi connectivity index (χ0n) is 17.8. The zero-order chi connectivity index (χ0) is 23.5. The number of carbonyl (C=O) groups is 2. The lowest BCUT2D eigenvalue weighted by molar-refractivity contribution is -0.139. The summed E-state index contributed by atoms with van der Waals surface area (Å²) in [5.74, 6) is -1.37. The minimum Gasteiger partial charge on any atom is -0.504 e. The quantitative estimate of drug-likeness (QED) is 0.541. The predicted octanol–water partition coefficient (Wildman–Crippen LogP) is 2.35. The van der Waals surface area contributed by atoms with Crippen molar-refractivity contribution in [2.75, 3.05) is 19.5 Å². The number of rotatable bonds is 7. The first-order valence-electron chi connectivity index (χ1n) is 9.80. The van der Waals surface area contributed by atoms with Gasteiger partial charge in [0, 0.05) is 5.70 Å². The Morgan fingerprint density at radius 1 is 1.16 bits per heavy atom. The van der Waals surface area contributed by atoms with Gasteiger partial charge in [-0.05, 0) is 43.7 Å². The van der Waals surface area contributed by atoms with Gasteiger partial charge in [0.1, 0.15) is 0 Å². The Labute approximate surface area is 186 Å². The molecule has 0 spiro atoms. The molecule has 0 aromatic heterocycles. The number of benzene rings is 2. The number of hydrogen-bond donors (Lipinski definition) is 3. The van der Waals surface area contributed by atoms with Crippen LogP contribution in [0.5, 0.6) is 11.5 Å². The molecule has 10 heteroatoms. The summed E-state index contributed by atoms with van der Waals surface area (Å²) in [5.41, 5.74) is 1.18. The Balaban J connectivity index is 2.12. The minimum absolute atomic E-state index is 0.0464. The molecule has 1 aliphatic heterocycles. The molecule has 2 amide bonds. The Morgan fingerprint density at radius 3 is 2.47 bits per heavy atom. The third-order valence-corrected chi connectivity index (χ3v) is 6.56. The molecule has 9 nitrogen and oxygen atoms in total. The van der Waals surface area contributed by atoms with Gasteiger partial charge in [0.2, 0.25) is 0 Å². The number of nitrogens with one attached hydrogen (secondary N) is 2. The van der Waals surface area contributed by atoms with E-state index in [0.717, 1.165) is 5.56 Å². The number of methoxy groups -OCH3 is 1. The van der Waals surface area contributed by atoms with Crippen molar-refractivity contribution < 1.29 is 32.6 Å². The number of carbonyl (C=O) groups excluding carboxylic acids is 2. The van der Waals surface area contributed by atoms with Gasteiger partial charge in [-0.1, -0.05) is 23.8 Å². The van der Waals surface area contributed by atoms with Crippen LogP contribution in [0.3, 0.4) is 0 Å². The van der Waals surface area contributed by atoms with E-state index in [-0.39, 0.29) is 34.3 Å². The van der Waals surface area contributed by atoms with Crippen LogP contribution in [-0.2, 0) is 19.4 Å². The maximum absolute atomic E-state index is 13.0. The van der Waals surface area contributed by atoms with Crippen LogP contribution < -0.4 is 15.4 Å². The Hall–Kier alpha value is -3.53. The molecule has 2 aromatic carbocycles. The van der Waals surface area contributed by atoms with Crippen molar-refractivity contribution >= 4 is 21.8 Å². The Kier molecular flexibility index (Phi) is 6.73. The van der Waals surface area contributed by atoms with E-state index in [1.807, 2.05) is 6.92 Å². The van der Waals surface area contributed by atoms with E-state index in [9.17, 15) is 23.1 Å². The summed E-state index contributed by atoms with van der Waals surface area (Å²) in [6.07, 6.45) is 0. The number of ether oxygens (including phenoxy) is 2. The highest BCUT2D eigenvalue weighted by Gasteiger charge is 2.36. The molecule has 1 heterocycles. The van der Waals surface area contributed by atoms with Gasteiger partial charge in [-0.15, -0.1) is 0 Å². The van der Waals surface area contributed by atoms with Gasteiger partial charge < -0.3 is 25.2 Å². The van der Waals surface area contributed by atoms with E-state index in [4.69, 9.17) is 9.47 Å².